The number of carbonyl (C=O) groups excluding carboxylic acids is 1. The molecule has 1 amide bonds. The van der Waals surface area contributed by atoms with Gasteiger partial charge in [0, 0.05) is 18.3 Å². The minimum absolute atomic E-state index is 0.0484. The van der Waals surface area contributed by atoms with E-state index in [2.05, 4.69) is 10.4 Å². The summed E-state index contributed by atoms with van der Waals surface area (Å²) in [5, 5.41) is 26.2. The average Bonchev–Trinajstić information content (AvgIpc) is 3.04. The Bertz CT molecular complexity index is 753. The maximum atomic E-state index is 12.1. The zero-order valence-electron chi connectivity index (χ0n) is 12.9. The fourth-order valence-corrected chi connectivity index (χ4v) is 2.10. The number of benzene rings is 1. The van der Waals surface area contributed by atoms with E-state index in [0.717, 1.165) is 0 Å². The van der Waals surface area contributed by atoms with E-state index >= 15 is 0 Å². The third kappa shape index (κ3) is 3.94. The molecule has 1 aromatic carbocycles. The monoisotopic (exact) mass is 332 g/mol. The lowest BCUT2D eigenvalue weighted by Gasteiger charge is -2.12. The summed E-state index contributed by atoms with van der Waals surface area (Å²) >= 11 is 0. The molecule has 2 N–H and O–H groups in total. The maximum absolute atomic E-state index is 12.1. The number of hydrogen-bond acceptors (Lipinski definition) is 5. The predicted octanol–water partition coefficient (Wildman–Crippen LogP) is 1.76. The van der Waals surface area contributed by atoms with E-state index in [9.17, 15) is 19.7 Å². The van der Waals surface area contributed by atoms with E-state index < -0.39 is 22.8 Å². The van der Waals surface area contributed by atoms with Crippen LogP contribution in [-0.2, 0) is 4.79 Å². The minimum atomic E-state index is -1.09. The molecule has 0 spiro atoms. The van der Waals surface area contributed by atoms with Gasteiger partial charge in [-0.05, 0) is 18.6 Å². The van der Waals surface area contributed by atoms with Crippen LogP contribution in [0.4, 0.5) is 5.69 Å². The zero-order chi connectivity index (χ0) is 17.7. The summed E-state index contributed by atoms with van der Waals surface area (Å²) in [6.07, 6.45) is 3.69. The largest absolute Gasteiger partial charge is 0.480 e. The van der Waals surface area contributed by atoms with E-state index in [-0.39, 0.29) is 11.3 Å². The van der Waals surface area contributed by atoms with Gasteiger partial charge in [-0.1, -0.05) is 13.3 Å². The van der Waals surface area contributed by atoms with Crippen molar-refractivity contribution in [1.29, 1.82) is 0 Å². The Morgan fingerprint density at radius 2 is 2.04 bits per heavy atom. The molecule has 126 valence electrons. The van der Waals surface area contributed by atoms with E-state index in [0.29, 0.717) is 18.5 Å². The highest BCUT2D eigenvalue weighted by Gasteiger charge is 2.20. The number of aromatic nitrogens is 2. The normalized spacial score (nSPS) is 11.7. The van der Waals surface area contributed by atoms with E-state index in [1.807, 2.05) is 6.92 Å². The summed E-state index contributed by atoms with van der Waals surface area (Å²) in [4.78, 5) is 33.3. The number of aliphatic carboxylic acids is 1. The summed E-state index contributed by atoms with van der Waals surface area (Å²) in [6.45, 7) is 1.83. The highest BCUT2D eigenvalue weighted by atomic mass is 16.6. The Balaban J connectivity index is 2.13. The lowest BCUT2D eigenvalue weighted by Crippen LogP contribution is -2.40. The topological polar surface area (TPSA) is 127 Å². The fraction of sp³-hybridized carbons (Fsp3) is 0.267. The first-order chi connectivity index (χ1) is 11.4. The summed E-state index contributed by atoms with van der Waals surface area (Å²) in [5.41, 5.74) is 0.700. The van der Waals surface area contributed by atoms with Crippen molar-refractivity contribution in [2.75, 3.05) is 0 Å². The van der Waals surface area contributed by atoms with Gasteiger partial charge in [-0.25, -0.2) is 9.48 Å². The SMILES string of the molecule is CCCC(NC(=O)c1cnn(-c2ccc([N+](=O)[O-])cc2)c1)C(=O)O. The smallest absolute Gasteiger partial charge is 0.326 e. The van der Waals surface area contributed by atoms with Crippen LogP contribution in [0.25, 0.3) is 5.69 Å². The molecule has 0 saturated heterocycles. The third-order valence-corrected chi connectivity index (χ3v) is 3.35. The van der Waals surface area contributed by atoms with Gasteiger partial charge in [0.05, 0.1) is 22.4 Å². The highest BCUT2D eigenvalue weighted by molar-refractivity contribution is 5.96. The molecule has 9 nitrogen and oxygen atoms in total. The molecular weight excluding hydrogens is 316 g/mol. The first kappa shape index (κ1) is 17.1. The van der Waals surface area contributed by atoms with Gasteiger partial charge >= 0.3 is 5.97 Å². The molecule has 0 radical (unpaired) electrons. The fourth-order valence-electron chi connectivity index (χ4n) is 2.10. The van der Waals surface area contributed by atoms with Crippen LogP contribution >= 0.6 is 0 Å². The van der Waals surface area contributed by atoms with Crippen LogP contribution in [0.2, 0.25) is 0 Å². The predicted molar refractivity (Wildman–Crippen MR) is 84.0 cm³/mol. The number of nitro groups is 1. The van der Waals surface area contributed by atoms with Crippen molar-refractivity contribution in [3.63, 3.8) is 0 Å². The van der Waals surface area contributed by atoms with Gasteiger partial charge in [0.1, 0.15) is 6.04 Å². The number of nitro benzene ring substituents is 1. The molecule has 24 heavy (non-hydrogen) atoms. The number of carbonyl (C=O) groups is 2. The molecule has 1 atom stereocenters. The third-order valence-electron chi connectivity index (χ3n) is 3.35. The number of nitrogens with zero attached hydrogens (tertiary/aromatic N) is 3. The average molecular weight is 332 g/mol. The molecule has 0 aliphatic carbocycles. The van der Waals surface area contributed by atoms with Crippen LogP contribution in [0, 0.1) is 10.1 Å². The molecule has 9 heteroatoms. The first-order valence-corrected chi connectivity index (χ1v) is 7.25. The van der Waals surface area contributed by atoms with Crippen molar-refractivity contribution in [3.8, 4) is 5.69 Å². The van der Waals surface area contributed by atoms with E-state index in [1.165, 1.54) is 41.3 Å². The number of amides is 1. The molecule has 0 saturated carbocycles. The number of nitrogens with one attached hydrogen (secondary N) is 1. The number of rotatable bonds is 7. The van der Waals surface area contributed by atoms with Gasteiger partial charge < -0.3 is 10.4 Å². The van der Waals surface area contributed by atoms with Crippen LogP contribution in [-0.4, -0.2) is 37.7 Å². The van der Waals surface area contributed by atoms with Crippen LogP contribution in [0.15, 0.2) is 36.7 Å². The standard InChI is InChI=1S/C15H16N4O5/c1-2-3-13(15(21)22)17-14(20)10-8-16-18(9-10)11-4-6-12(7-5-11)19(23)24/h4-9,13H,2-3H2,1H3,(H,17,20)(H,21,22). The van der Waals surface area contributed by atoms with E-state index in [4.69, 9.17) is 5.11 Å². The van der Waals surface area contributed by atoms with Crippen molar-refractivity contribution in [1.82, 2.24) is 15.1 Å². The van der Waals surface area contributed by atoms with Gasteiger partial charge in [0.15, 0.2) is 0 Å². The minimum Gasteiger partial charge on any atom is -0.480 e. The van der Waals surface area contributed by atoms with Crippen LogP contribution in [0.3, 0.4) is 0 Å². The Kier molecular flexibility index (Phi) is 5.25. The number of carboxylic acid groups (broad SMARTS) is 1. The van der Waals surface area contributed by atoms with Crippen molar-refractivity contribution in [2.45, 2.75) is 25.8 Å². The van der Waals surface area contributed by atoms with Gasteiger partial charge in [-0.3, -0.25) is 14.9 Å². The lowest BCUT2D eigenvalue weighted by atomic mass is 10.1. The number of carboxylic acids is 1. The molecular formula is C15H16N4O5. The van der Waals surface area contributed by atoms with E-state index in [1.54, 1.807) is 0 Å². The second-order valence-corrected chi connectivity index (χ2v) is 5.10. The Morgan fingerprint density at radius 1 is 1.38 bits per heavy atom. The summed E-state index contributed by atoms with van der Waals surface area (Å²) in [5.74, 6) is -1.63. The first-order valence-electron chi connectivity index (χ1n) is 7.25. The Labute approximate surface area is 137 Å². The van der Waals surface area contributed by atoms with Gasteiger partial charge in [-0.15, -0.1) is 0 Å². The van der Waals surface area contributed by atoms with Crippen molar-refractivity contribution >= 4 is 17.6 Å². The van der Waals surface area contributed by atoms with Crippen LogP contribution in [0.5, 0.6) is 0 Å². The summed E-state index contributed by atoms with van der Waals surface area (Å²) < 4.78 is 1.38. The molecule has 0 aliphatic heterocycles. The molecule has 2 aromatic rings. The number of hydrogen-bond donors (Lipinski definition) is 2. The van der Waals surface area contributed by atoms with Gasteiger partial charge in [0.2, 0.25) is 0 Å². The highest BCUT2D eigenvalue weighted by Crippen LogP contribution is 2.15. The Morgan fingerprint density at radius 3 is 2.58 bits per heavy atom. The number of non-ortho nitro benzene ring substituents is 1. The molecule has 1 unspecified atom stereocenters. The van der Waals surface area contributed by atoms with Gasteiger partial charge in [-0.2, -0.15) is 5.10 Å². The second-order valence-electron chi connectivity index (χ2n) is 5.10. The quantitative estimate of drug-likeness (QED) is 0.587. The summed E-state index contributed by atoms with van der Waals surface area (Å²) in [7, 11) is 0. The molecule has 1 heterocycles. The lowest BCUT2D eigenvalue weighted by molar-refractivity contribution is -0.384. The molecule has 2 rings (SSSR count). The molecule has 0 fully saturated rings. The van der Waals surface area contributed by atoms with Crippen LogP contribution < -0.4 is 5.32 Å². The molecule has 0 aliphatic rings. The molecule has 1 aromatic heterocycles. The second kappa shape index (κ2) is 7.36. The van der Waals surface area contributed by atoms with Crippen LogP contribution in [0.1, 0.15) is 30.1 Å². The summed E-state index contributed by atoms with van der Waals surface area (Å²) in [6, 6.07) is 4.72. The molecule has 0 bridgehead atoms. The zero-order valence-corrected chi connectivity index (χ0v) is 12.9. The maximum Gasteiger partial charge on any atom is 0.326 e. The Hall–Kier alpha value is -3.23. The van der Waals surface area contributed by atoms with Crippen molar-refractivity contribution in [2.24, 2.45) is 0 Å². The van der Waals surface area contributed by atoms with Crippen molar-refractivity contribution < 1.29 is 19.6 Å². The van der Waals surface area contributed by atoms with Gasteiger partial charge in [0.25, 0.3) is 11.6 Å². The van der Waals surface area contributed by atoms with Crippen molar-refractivity contribution in [3.05, 3.63) is 52.3 Å².